The van der Waals surface area contributed by atoms with Gasteiger partial charge in [-0.1, -0.05) is 18.2 Å². The van der Waals surface area contributed by atoms with Gasteiger partial charge in [0.15, 0.2) is 6.29 Å². The number of piperidine rings is 1. The quantitative estimate of drug-likeness (QED) is 0.567. The number of carbonyl (C=O) groups excluding carboxylic acids is 2. The number of hydrogen-bond donors (Lipinski definition) is 4. The molecular formula is C19H26N4O5. The monoisotopic (exact) mass is 390 g/mol. The van der Waals surface area contributed by atoms with Gasteiger partial charge in [0.25, 0.3) is 0 Å². The lowest BCUT2D eigenvalue weighted by molar-refractivity contribution is -0.184. The minimum absolute atomic E-state index is 0.138. The number of carbonyl (C=O) groups is 2. The number of anilines is 1. The van der Waals surface area contributed by atoms with Crippen LogP contribution in [0.3, 0.4) is 0 Å². The molecule has 5 N–H and O–H groups in total. The lowest BCUT2D eigenvalue weighted by Gasteiger charge is -2.45. The van der Waals surface area contributed by atoms with Crippen molar-refractivity contribution in [1.29, 1.82) is 0 Å². The molecule has 9 heteroatoms. The number of nitrogens with zero attached hydrogens (tertiary/aromatic N) is 1. The van der Waals surface area contributed by atoms with Crippen LogP contribution in [0.15, 0.2) is 30.3 Å². The summed E-state index contributed by atoms with van der Waals surface area (Å²) in [6, 6.07) is 7.68. The highest BCUT2D eigenvalue weighted by atomic mass is 16.7. The first kappa shape index (κ1) is 19.1. The van der Waals surface area contributed by atoms with Crippen LogP contribution in [0.1, 0.15) is 12.8 Å². The van der Waals surface area contributed by atoms with Gasteiger partial charge < -0.3 is 30.9 Å². The molecule has 1 aromatic rings. The van der Waals surface area contributed by atoms with Gasteiger partial charge in [-0.05, 0) is 38.1 Å². The molecule has 3 heterocycles. The lowest BCUT2D eigenvalue weighted by atomic mass is 9.90. The topological polar surface area (TPSA) is 126 Å². The fraction of sp³-hybridized carbons (Fsp3) is 0.579. The smallest absolute Gasteiger partial charge is 0.319 e. The van der Waals surface area contributed by atoms with Crippen LogP contribution in [0.5, 0.6) is 0 Å². The first-order chi connectivity index (χ1) is 13.5. The number of fused-ring (bicyclic) bond motifs is 2. The van der Waals surface area contributed by atoms with E-state index in [1.165, 1.54) is 0 Å². The lowest BCUT2D eigenvalue weighted by Crippen LogP contribution is -2.66. The van der Waals surface area contributed by atoms with E-state index in [1.807, 2.05) is 18.2 Å². The van der Waals surface area contributed by atoms with E-state index in [4.69, 9.17) is 15.2 Å². The zero-order valence-corrected chi connectivity index (χ0v) is 15.5. The van der Waals surface area contributed by atoms with Crippen molar-refractivity contribution < 1.29 is 24.2 Å². The number of benzene rings is 1. The van der Waals surface area contributed by atoms with Crippen molar-refractivity contribution in [3.05, 3.63) is 30.3 Å². The maximum absolute atomic E-state index is 12.4. The van der Waals surface area contributed by atoms with Gasteiger partial charge in [-0.3, -0.25) is 9.69 Å². The summed E-state index contributed by atoms with van der Waals surface area (Å²) in [5, 5.41) is 16.6. The molecule has 3 aliphatic heterocycles. The maximum atomic E-state index is 12.4. The largest absolute Gasteiger partial charge is 0.389 e. The molecule has 9 nitrogen and oxygen atoms in total. The third kappa shape index (κ3) is 3.83. The SMILES string of the molecule is NC(=O)C1CCN([C@H]2[C@@H]3OC[C@@H](O3)[C@@H](NC(=O)Nc3ccccc3)[C@@H]2O)CC1. The number of aliphatic hydroxyl groups is 1. The van der Waals surface area contributed by atoms with E-state index in [9.17, 15) is 14.7 Å². The van der Waals surface area contributed by atoms with Crippen molar-refractivity contribution in [2.75, 3.05) is 25.0 Å². The molecule has 3 saturated heterocycles. The number of likely N-dealkylation sites (tertiary alicyclic amines) is 1. The number of nitrogens with two attached hydrogens (primary N) is 1. The highest BCUT2D eigenvalue weighted by Gasteiger charge is 2.53. The number of primary amides is 1. The molecule has 28 heavy (non-hydrogen) atoms. The zero-order chi connectivity index (χ0) is 19.7. The first-order valence-electron chi connectivity index (χ1n) is 9.64. The van der Waals surface area contributed by atoms with E-state index in [-0.39, 0.29) is 11.8 Å². The van der Waals surface area contributed by atoms with Crippen molar-refractivity contribution in [2.24, 2.45) is 11.7 Å². The normalized spacial score (nSPS) is 33.4. The summed E-state index contributed by atoms with van der Waals surface area (Å²) in [4.78, 5) is 25.9. The second-order valence-electron chi connectivity index (χ2n) is 7.56. The molecule has 0 spiro atoms. The van der Waals surface area contributed by atoms with Crippen molar-refractivity contribution >= 4 is 17.6 Å². The van der Waals surface area contributed by atoms with Crippen molar-refractivity contribution in [3.8, 4) is 0 Å². The first-order valence-corrected chi connectivity index (χ1v) is 9.64. The molecule has 2 bridgehead atoms. The van der Waals surface area contributed by atoms with Crippen LogP contribution < -0.4 is 16.4 Å². The highest BCUT2D eigenvalue weighted by Crippen LogP contribution is 2.33. The van der Waals surface area contributed by atoms with E-state index < -0.39 is 36.6 Å². The molecule has 0 saturated carbocycles. The second kappa shape index (κ2) is 8.04. The van der Waals surface area contributed by atoms with E-state index >= 15 is 0 Å². The minimum Gasteiger partial charge on any atom is -0.389 e. The number of hydrogen-bond acceptors (Lipinski definition) is 6. The minimum atomic E-state index is -0.849. The average Bonchev–Trinajstić information content (AvgIpc) is 3.12. The van der Waals surface area contributed by atoms with Gasteiger partial charge in [0.1, 0.15) is 6.10 Å². The van der Waals surface area contributed by atoms with E-state index in [0.717, 1.165) is 0 Å². The molecule has 4 rings (SSSR count). The molecule has 1 aromatic carbocycles. The Balaban J connectivity index is 1.41. The Morgan fingerprint density at radius 2 is 1.89 bits per heavy atom. The number of amides is 3. The number of para-hydroxylation sites is 1. The van der Waals surface area contributed by atoms with Gasteiger partial charge in [0, 0.05) is 11.6 Å². The average molecular weight is 390 g/mol. The standard InChI is InChI=1S/C19H26N4O5/c20-17(25)11-6-8-23(9-7-11)15-16(24)14(13-10-27-18(15)28-13)22-19(26)21-12-4-2-1-3-5-12/h1-5,11,13-16,18,24H,6-10H2,(H2,20,25)(H2,21,22,26)/t13-,14-,15-,16+,18-/m1/s1. The number of nitrogens with one attached hydrogen (secondary N) is 2. The summed E-state index contributed by atoms with van der Waals surface area (Å²) in [6.07, 6.45) is -0.512. The predicted octanol–water partition coefficient (Wildman–Crippen LogP) is -0.141. The van der Waals surface area contributed by atoms with Crippen LogP contribution in [0.25, 0.3) is 0 Å². The van der Waals surface area contributed by atoms with Crippen LogP contribution in [0.2, 0.25) is 0 Å². The molecule has 0 radical (unpaired) electrons. The molecule has 0 aromatic heterocycles. The Bertz CT molecular complexity index is 710. The maximum Gasteiger partial charge on any atom is 0.319 e. The van der Waals surface area contributed by atoms with Crippen LogP contribution >= 0.6 is 0 Å². The summed E-state index contributed by atoms with van der Waals surface area (Å²) in [7, 11) is 0. The van der Waals surface area contributed by atoms with E-state index in [1.54, 1.807) is 12.1 Å². The Labute approximate surface area is 163 Å². The van der Waals surface area contributed by atoms with Crippen LogP contribution in [-0.2, 0) is 14.3 Å². The summed E-state index contributed by atoms with van der Waals surface area (Å²) in [5.41, 5.74) is 6.07. The second-order valence-corrected chi connectivity index (χ2v) is 7.56. The van der Waals surface area contributed by atoms with Crippen molar-refractivity contribution in [3.63, 3.8) is 0 Å². The molecule has 3 amide bonds. The Morgan fingerprint density at radius 3 is 2.57 bits per heavy atom. The Hall–Kier alpha value is -2.20. The third-order valence-electron chi connectivity index (χ3n) is 5.81. The van der Waals surface area contributed by atoms with Crippen LogP contribution in [0, 0.1) is 5.92 Å². The summed E-state index contributed by atoms with van der Waals surface area (Å²) in [5.74, 6) is -0.421. The number of ether oxygens (including phenoxy) is 2. The fourth-order valence-corrected chi connectivity index (χ4v) is 4.29. The number of rotatable bonds is 4. The van der Waals surface area contributed by atoms with E-state index in [2.05, 4.69) is 15.5 Å². The molecule has 152 valence electrons. The zero-order valence-electron chi connectivity index (χ0n) is 15.5. The van der Waals surface area contributed by atoms with Gasteiger partial charge in [-0.25, -0.2) is 4.79 Å². The van der Waals surface area contributed by atoms with Gasteiger partial charge in [0.2, 0.25) is 5.91 Å². The molecule has 0 unspecified atom stereocenters. The number of aliphatic hydroxyl groups excluding tert-OH is 1. The fourth-order valence-electron chi connectivity index (χ4n) is 4.29. The Kier molecular flexibility index (Phi) is 5.49. The van der Waals surface area contributed by atoms with Crippen LogP contribution in [-0.4, -0.2) is 72.2 Å². The molecule has 3 fully saturated rings. The van der Waals surface area contributed by atoms with Crippen LogP contribution in [0.4, 0.5) is 10.5 Å². The summed E-state index contributed by atoms with van der Waals surface area (Å²) in [6.45, 7) is 1.55. The van der Waals surface area contributed by atoms with Gasteiger partial charge >= 0.3 is 6.03 Å². The van der Waals surface area contributed by atoms with Crippen molar-refractivity contribution in [2.45, 2.75) is 43.4 Å². The Morgan fingerprint density at radius 1 is 1.18 bits per heavy atom. The highest BCUT2D eigenvalue weighted by molar-refractivity contribution is 5.89. The molecule has 3 aliphatic rings. The van der Waals surface area contributed by atoms with Gasteiger partial charge in [-0.15, -0.1) is 0 Å². The predicted molar refractivity (Wildman–Crippen MR) is 100 cm³/mol. The van der Waals surface area contributed by atoms with Gasteiger partial charge in [-0.2, -0.15) is 0 Å². The summed E-state index contributed by atoms with van der Waals surface area (Å²) >= 11 is 0. The molecule has 5 atom stereocenters. The van der Waals surface area contributed by atoms with Gasteiger partial charge in [0.05, 0.1) is 24.8 Å². The summed E-state index contributed by atoms with van der Waals surface area (Å²) < 4.78 is 11.6. The molecular weight excluding hydrogens is 364 g/mol. The third-order valence-corrected chi connectivity index (χ3v) is 5.81. The number of urea groups is 1. The van der Waals surface area contributed by atoms with Crippen molar-refractivity contribution in [1.82, 2.24) is 10.2 Å². The van der Waals surface area contributed by atoms with E-state index in [0.29, 0.717) is 38.2 Å². The molecule has 0 aliphatic carbocycles.